The minimum Gasteiger partial charge on any atom is -0.453 e. The SMILES string of the molecule is CNC(=O)O[C@@H](Cc1ccccc1)C(=O)N1CCC[C@H]1c1ncc(-c2ccc(-c3ccc(-c4cnc([C@@H]5CCCN5C(=O)[C@H](Cc5ccccc5)NC(=O)OC)[nH]4)cc3)cc2)[nH]1. The van der Waals surface area contributed by atoms with Gasteiger partial charge in [-0.15, -0.1) is 0 Å². The summed E-state index contributed by atoms with van der Waals surface area (Å²) >= 11 is 0. The van der Waals surface area contributed by atoms with E-state index in [2.05, 4.69) is 44.9 Å². The maximum absolute atomic E-state index is 13.9. The van der Waals surface area contributed by atoms with E-state index in [-0.39, 0.29) is 30.3 Å². The van der Waals surface area contributed by atoms with Gasteiger partial charge in [0.1, 0.15) is 17.7 Å². The van der Waals surface area contributed by atoms with E-state index in [1.165, 1.54) is 14.2 Å². The Hall–Kier alpha value is -7.22. The Kier molecular flexibility index (Phi) is 12.7. The van der Waals surface area contributed by atoms with E-state index in [0.717, 1.165) is 70.5 Å². The van der Waals surface area contributed by atoms with Crippen LogP contribution in [0.3, 0.4) is 0 Å². The van der Waals surface area contributed by atoms with Gasteiger partial charge in [0.2, 0.25) is 5.91 Å². The van der Waals surface area contributed by atoms with Crippen LogP contribution in [0.25, 0.3) is 33.6 Å². The number of amides is 4. The molecule has 0 radical (unpaired) electrons. The maximum Gasteiger partial charge on any atom is 0.407 e. The van der Waals surface area contributed by atoms with Crippen LogP contribution in [0.5, 0.6) is 0 Å². The van der Waals surface area contributed by atoms with Crippen molar-refractivity contribution in [2.24, 2.45) is 0 Å². The molecule has 4 amide bonds. The number of rotatable bonds is 13. The number of H-pyrrole nitrogens is 2. The largest absolute Gasteiger partial charge is 0.453 e. The lowest BCUT2D eigenvalue weighted by Gasteiger charge is -2.28. The number of nitrogens with one attached hydrogen (secondary N) is 4. The molecular weight excluding hydrogens is 785 g/mol. The van der Waals surface area contributed by atoms with Crippen molar-refractivity contribution in [3.63, 3.8) is 0 Å². The molecule has 4 N–H and O–H groups in total. The highest BCUT2D eigenvalue weighted by Gasteiger charge is 2.38. The zero-order chi connectivity index (χ0) is 43.0. The monoisotopic (exact) mass is 834 g/mol. The van der Waals surface area contributed by atoms with Gasteiger partial charge in [0.15, 0.2) is 6.10 Å². The second-order valence-corrected chi connectivity index (χ2v) is 15.6. The number of aromatic nitrogens is 4. The number of hydrogen-bond donors (Lipinski definition) is 4. The van der Waals surface area contributed by atoms with Crippen LogP contribution in [0.2, 0.25) is 0 Å². The summed E-state index contributed by atoms with van der Waals surface area (Å²) in [6, 6.07) is 34.3. The van der Waals surface area contributed by atoms with E-state index in [0.29, 0.717) is 31.2 Å². The van der Waals surface area contributed by atoms with E-state index >= 15 is 0 Å². The summed E-state index contributed by atoms with van der Waals surface area (Å²) in [5.41, 5.74) is 7.54. The average Bonchev–Trinajstić information content (AvgIpc) is 4.16. The van der Waals surface area contributed by atoms with Crippen LogP contribution < -0.4 is 10.6 Å². The Morgan fingerprint density at radius 3 is 1.60 bits per heavy atom. The van der Waals surface area contributed by atoms with Gasteiger partial charge in [0.05, 0.1) is 43.0 Å². The molecule has 14 nitrogen and oxygen atoms in total. The fraction of sp³-hybridized carbons (Fsp3) is 0.292. The molecular formula is C48H50N8O6. The van der Waals surface area contributed by atoms with Crippen molar-refractivity contribution in [2.45, 2.75) is 62.8 Å². The quantitative estimate of drug-likeness (QED) is 0.0932. The van der Waals surface area contributed by atoms with Crippen molar-refractivity contribution in [1.82, 2.24) is 40.4 Å². The molecule has 62 heavy (non-hydrogen) atoms. The normalized spacial score (nSPS) is 17.0. The summed E-state index contributed by atoms with van der Waals surface area (Å²) in [4.78, 5) is 72.2. The molecule has 318 valence electrons. The number of carbonyl (C=O) groups is 4. The first-order valence-corrected chi connectivity index (χ1v) is 21.0. The van der Waals surface area contributed by atoms with Crippen molar-refractivity contribution in [1.29, 1.82) is 0 Å². The maximum atomic E-state index is 13.9. The van der Waals surface area contributed by atoms with Crippen LogP contribution >= 0.6 is 0 Å². The minimum atomic E-state index is -0.964. The molecule has 0 bridgehead atoms. The lowest BCUT2D eigenvalue weighted by atomic mass is 10.0. The zero-order valence-electron chi connectivity index (χ0n) is 34.8. The summed E-state index contributed by atoms with van der Waals surface area (Å²) in [7, 11) is 2.77. The first-order valence-electron chi connectivity index (χ1n) is 21.0. The van der Waals surface area contributed by atoms with Gasteiger partial charge in [0.25, 0.3) is 5.91 Å². The van der Waals surface area contributed by atoms with Crippen LogP contribution in [-0.4, -0.2) is 93.1 Å². The Labute approximate surface area is 360 Å². The highest BCUT2D eigenvalue weighted by molar-refractivity contribution is 5.87. The molecule has 6 aromatic rings. The molecule has 2 aliphatic rings. The number of nitrogens with zero attached hydrogens (tertiary/aromatic N) is 4. The number of alkyl carbamates (subject to hydrolysis) is 2. The lowest BCUT2D eigenvalue weighted by Crippen LogP contribution is -2.49. The van der Waals surface area contributed by atoms with Gasteiger partial charge in [0, 0.05) is 33.0 Å². The van der Waals surface area contributed by atoms with Gasteiger partial charge < -0.3 is 39.9 Å². The number of carbonyl (C=O) groups excluding carboxylic acids is 4. The Balaban J connectivity index is 0.913. The smallest absolute Gasteiger partial charge is 0.407 e. The van der Waals surface area contributed by atoms with Crippen LogP contribution in [0.15, 0.2) is 122 Å². The number of likely N-dealkylation sites (tertiary alicyclic amines) is 2. The summed E-state index contributed by atoms with van der Waals surface area (Å²) in [6.07, 6.45) is 5.10. The third kappa shape index (κ3) is 9.39. The van der Waals surface area contributed by atoms with Crippen molar-refractivity contribution in [3.8, 4) is 33.6 Å². The van der Waals surface area contributed by atoms with Crippen molar-refractivity contribution in [3.05, 3.63) is 144 Å². The molecule has 0 unspecified atom stereocenters. The Morgan fingerprint density at radius 2 is 1.11 bits per heavy atom. The van der Waals surface area contributed by atoms with Gasteiger partial charge in [-0.1, -0.05) is 109 Å². The van der Waals surface area contributed by atoms with E-state index in [9.17, 15) is 19.2 Å². The molecule has 2 aromatic heterocycles. The summed E-state index contributed by atoms with van der Waals surface area (Å²) in [6.45, 7) is 1.11. The number of ether oxygens (including phenoxy) is 2. The summed E-state index contributed by atoms with van der Waals surface area (Å²) in [5.74, 6) is 0.988. The highest BCUT2D eigenvalue weighted by Crippen LogP contribution is 2.35. The van der Waals surface area contributed by atoms with Gasteiger partial charge in [-0.3, -0.25) is 9.59 Å². The predicted octanol–water partition coefficient (Wildman–Crippen LogP) is 7.40. The number of hydrogen-bond acceptors (Lipinski definition) is 8. The molecule has 4 heterocycles. The van der Waals surface area contributed by atoms with Crippen molar-refractivity contribution < 1.29 is 28.7 Å². The van der Waals surface area contributed by atoms with Crippen molar-refractivity contribution in [2.75, 3.05) is 27.2 Å². The van der Waals surface area contributed by atoms with Crippen LogP contribution in [0.4, 0.5) is 9.59 Å². The average molecular weight is 835 g/mol. The van der Waals surface area contributed by atoms with E-state index in [1.807, 2.05) is 89.8 Å². The van der Waals surface area contributed by atoms with Gasteiger partial charge in [-0.2, -0.15) is 0 Å². The predicted molar refractivity (Wildman–Crippen MR) is 233 cm³/mol. The van der Waals surface area contributed by atoms with Gasteiger partial charge in [-0.05, 0) is 59.1 Å². The summed E-state index contributed by atoms with van der Waals surface area (Å²) in [5, 5.41) is 5.21. The molecule has 2 fully saturated rings. The lowest BCUT2D eigenvalue weighted by molar-refractivity contribution is -0.141. The Morgan fingerprint density at radius 1 is 0.645 bits per heavy atom. The minimum absolute atomic E-state index is 0.172. The van der Waals surface area contributed by atoms with Crippen LogP contribution in [0, 0.1) is 0 Å². The third-order valence-corrected chi connectivity index (χ3v) is 11.7. The first-order chi connectivity index (χ1) is 30.3. The fourth-order valence-corrected chi connectivity index (χ4v) is 8.45. The van der Waals surface area contributed by atoms with E-state index < -0.39 is 24.3 Å². The molecule has 2 aliphatic heterocycles. The fourth-order valence-electron chi connectivity index (χ4n) is 8.45. The van der Waals surface area contributed by atoms with Gasteiger partial charge >= 0.3 is 12.2 Å². The molecule has 4 aromatic carbocycles. The molecule has 0 saturated carbocycles. The van der Waals surface area contributed by atoms with E-state index in [1.54, 1.807) is 17.3 Å². The molecule has 4 atom stereocenters. The number of methoxy groups -OCH3 is 1. The molecule has 2 saturated heterocycles. The molecule has 0 spiro atoms. The summed E-state index contributed by atoms with van der Waals surface area (Å²) < 4.78 is 10.4. The van der Waals surface area contributed by atoms with Gasteiger partial charge in [-0.25, -0.2) is 19.6 Å². The highest BCUT2D eigenvalue weighted by atomic mass is 16.6. The molecule has 0 aliphatic carbocycles. The number of benzene rings is 4. The second kappa shape index (κ2) is 19.0. The number of aromatic amines is 2. The Bertz CT molecular complexity index is 2300. The second-order valence-electron chi connectivity index (χ2n) is 15.6. The third-order valence-electron chi connectivity index (χ3n) is 11.7. The number of imidazole rings is 2. The molecule has 8 rings (SSSR count). The topological polar surface area (TPSA) is 175 Å². The van der Waals surface area contributed by atoms with Crippen LogP contribution in [0.1, 0.15) is 60.5 Å². The molecule has 14 heteroatoms. The van der Waals surface area contributed by atoms with Crippen molar-refractivity contribution >= 4 is 24.0 Å². The standard InChI is InChI=1S/C48H50N8O6/c1-49-47(59)62-42(28-32-13-7-4-8-14-32)46(58)56-26-10-16-41(56)44-51-30-39(53-44)36-23-19-34(20-24-36)33-17-21-35(22-18-33)38-29-50-43(52-38)40-15-9-25-55(40)45(57)37(54-48(60)61-2)27-31-11-5-3-6-12-31/h3-8,11-14,17-24,29-30,37,40-42H,9-10,15-16,25-28H2,1-2H3,(H,49,59)(H,50,52)(H,51,53)(H,54,60)/t37-,40-,41-,42-/m0/s1. The van der Waals surface area contributed by atoms with E-state index in [4.69, 9.17) is 19.4 Å². The first kappa shape index (κ1) is 41.5. The zero-order valence-corrected chi connectivity index (χ0v) is 34.8. The van der Waals surface area contributed by atoms with Crippen LogP contribution in [-0.2, 0) is 31.9 Å².